The Morgan fingerprint density at radius 1 is 1.45 bits per heavy atom. The second-order valence-corrected chi connectivity index (χ2v) is 5.64. The van der Waals surface area contributed by atoms with Crippen molar-refractivity contribution in [1.82, 2.24) is 15.3 Å². The standard InChI is InChI=1S/C14H14N4OS/c1-8(18-13(19)12-7-17-14(15)20-12)9-2-3-11-10(6-9)4-5-16-11/h2-8,16H,1H3,(H2,15,17)(H,18,19). The number of benzene rings is 1. The number of aromatic nitrogens is 2. The van der Waals surface area contributed by atoms with Crippen molar-refractivity contribution < 1.29 is 4.79 Å². The van der Waals surface area contributed by atoms with Crippen molar-refractivity contribution in [3.8, 4) is 0 Å². The zero-order valence-corrected chi connectivity index (χ0v) is 11.7. The van der Waals surface area contributed by atoms with Gasteiger partial charge in [-0.1, -0.05) is 17.4 Å². The number of amides is 1. The van der Waals surface area contributed by atoms with Crippen molar-refractivity contribution in [1.29, 1.82) is 0 Å². The first kappa shape index (κ1) is 12.7. The van der Waals surface area contributed by atoms with Crippen LogP contribution in [0.25, 0.3) is 10.9 Å². The maximum Gasteiger partial charge on any atom is 0.263 e. The summed E-state index contributed by atoms with van der Waals surface area (Å²) in [5, 5.41) is 4.48. The van der Waals surface area contributed by atoms with Gasteiger partial charge in [-0.25, -0.2) is 4.98 Å². The Morgan fingerprint density at radius 2 is 2.30 bits per heavy atom. The van der Waals surface area contributed by atoms with Crippen molar-refractivity contribution in [3.05, 3.63) is 47.1 Å². The molecule has 20 heavy (non-hydrogen) atoms. The lowest BCUT2D eigenvalue weighted by Gasteiger charge is -2.13. The number of fused-ring (bicyclic) bond motifs is 1. The Hall–Kier alpha value is -2.34. The topological polar surface area (TPSA) is 83.8 Å². The summed E-state index contributed by atoms with van der Waals surface area (Å²) in [4.78, 5) is 19.6. The number of nitrogen functional groups attached to an aromatic ring is 1. The summed E-state index contributed by atoms with van der Waals surface area (Å²) in [6, 6.07) is 8.02. The van der Waals surface area contributed by atoms with Crippen LogP contribution in [0.1, 0.15) is 28.2 Å². The lowest BCUT2D eigenvalue weighted by atomic mass is 10.1. The van der Waals surface area contributed by atoms with Crippen LogP contribution in [0, 0.1) is 0 Å². The van der Waals surface area contributed by atoms with E-state index in [0.717, 1.165) is 16.5 Å². The minimum absolute atomic E-state index is 0.0786. The molecule has 102 valence electrons. The lowest BCUT2D eigenvalue weighted by Crippen LogP contribution is -2.25. The quantitative estimate of drug-likeness (QED) is 0.692. The monoisotopic (exact) mass is 286 g/mol. The fourth-order valence-corrected chi connectivity index (χ4v) is 2.67. The second kappa shape index (κ2) is 4.97. The van der Waals surface area contributed by atoms with Crippen LogP contribution in [0.3, 0.4) is 0 Å². The minimum Gasteiger partial charge on any atom is -0.375 e. The summed E-state index contributed by atoms with van der Waals surface area (Å²) in [6.07, 6.45) is 3.40. The third kappa shape index (κ3) is 2.37. The number of carbonyl (C=O) groups excluding carboxylic acids is 1. The van der Waals surface area contributed by atoms with Crippen LogP contribution in [-0.4, -0.2) is 15.9 Å². The highest BCUT2D eigenvalue weighted by atomic mass is 32.1. The molecule has 0 radical (unpaired) electrons. The molecule has 0 aliphatic rings. The van der Waals surface area contributed by atoms with E-state index in [0.29, 0.717) is 10.0 Å². The number of nitrogens with one attached hydrogen (secondary N) is 2. The summed E-state index contributed by atoms with van der Waals surface area (Å²) in [5.41, 5.74) is 7.68. The zero-order chi connectivity index (χ0) is 14.1. The minimum atomic E-state index is -0.152. The molecule has 0 saturated heterocycles. The number of hydrogen-bond donors (Lipinski definition) is 3. The molecule has 2 heterocycles. The number of rotatable bonds is 3. The molecule has 0 aliphatic heterocycles. The Bertz CT molecular complexity index is 761. The van der Waals surface area contributed by atoms with E-state index in [4.69, 9.17) is 5.73 Å². The SMILES string of the molecule is CC(NC(=O)c1cnc(N)s1)c1ccc2[nH]ccc2c1. The highest BCUT2D eigenvalue weighted by Gasteiger charge is 2.14. The molecule has 1 unspecified atom stereocenters. The van der Waals surface area contributed by atoms with Crippen molar-refractivity contribution in [2.45, 2.75) is 13.0 Å². The molecule has 6 heteroatoms. The van der Waals surface area contributed by atoms with Gasteiger partial charge in [-0.15, -0.1) is 0 Å². The van der Waals surface area contributed by atoms with E-state index in [1.807, 2.05) is 31.3 Å². The number of H-pyrrole nitrogens is 1. The van der Waals surface area contributed by atoms with Gasteiger partial charge in [-0.05, 0) is 36.1 Å². The van der Waals surface area contributed by atoms with E-state index in [1.54, 1.807) is 0 Å². The Morgan fingerprint density at radius 3 is 3.05 bits per heavy atom. The third-order valence-corrected chi connectivity index (χ3v) is 4.00. The van der Waals surface area contributed by atoms with Crippen LogP contribution in [-0.2, 0) is 0 Å². The van der Waals surface area contributed by atoms with Gasteiger partial charge in [0.05, 0.1) is 12.2 Å². The highest BCUT2D eigenvalue weighted by molar-refractivity contribution is 7.17. The predicted octanol–water partition coefficient (Wildman–Crippen LogP) is 2.70. The van der Waals surface area contributed by atoms with E-state index in [2.05, 4.69) is 21.4 Å². The lowest BCUT2D eigenvalue weighted by molar-refractivity contribution is 0.0944. The smallest absolute Gasteiger partial charge is 0.263 e. The molecule has 1 atom stereocenters. The first-order valence-corrected chi connectivity index (χ1v) is 7.04. The maximum absolute atomic E-state index is 12.1. The van der Waals surface area contributed by atoms with Crippen molar-refractivity contribution in [3.63, 3.8) is 0 Å². The highest BCUT2D eigenvalue weighted by Crippen LogP contribution is 2.21. The predicted molar refractivity (Wildman–Crippen MR) is 80.7 cm³/mol. The Kier molecular flexibility index (Phi) is 3.15. The van der Waals surface area contributed by atoms with Gasteiger partial charge < -0.3 is 16.0 Å². The number of hydrogen-bond acceptors (Lipinski definition) is 4. The summed E-state index contributed by atoms with van der Waals surface area (Å²) < 4.78 is 0. The first-order chi connectivity index (χ1) is 9.63. The molecule has 5 nitrogen and oxygen atoms in total. The number of carbonyl (C=O) groups is 1. The van der Waals surface area contributed by atoms with Gasteiger partial charge in [-0.2, -0.15) is 0 Å². The molecule has 4 N–H and O–H groups in total. The van der Waals surface area contributed by atoms with Crippen molar-refractivity contribution >= 4 is 33.3 Å². The fourth-order valence-electron chi connectivity index (χ4n) is 2.08. The molecule has 1 aromatic carbocycles. The van der Waals surface area contributed by atoms with E-state index in [1.165, 1.54) is 17.5 Å². The van der Waals surface area contributed by atoms with Gasteiger partial charge in [0.25, 0.3) is 5.91 Å². The summed E-state index contributed by atoms with van der Waals surface area (Å²) in [7, 11) is 0. The van der Waals surface area contributed by atoms with Gasteiger partial charge in [0, 0.05) is 11.7 Å². The first-order valence-electron chi connectivity index (χ1n) is 6.22. The average Bonchev–Trinajstić information content (AvgIpc) is 3.05. The average molecular weight is 286 g/mol. The van der Waals surface area contributed by atoms with Gasteiger partial charge in [-0.3, -0.25) is 4.79 Å². The van der Waals surface area contributed by atoms with E-state index in [-0.39, 0.29) is 11.9 Å². The van der Waals surface area contributed by atoms with Gasteiger partial charge in [0.15, 0.2) is 5.13 Å². The molecule has 0 bridgehead atoms. The van der Waals surface area contributed by atoms with Gasteiger partial charge >= 0.3 is 0 Å². The van der Waals surface area contributed by atoms with Crippen LogP contribution in [0.5, 0.6) is 0 Å². The normalized spacial score (nSPS) is 12.4. The largest absolute Gasteiger partial charge is 0.375 e. The van der Waals surface area contributed by atoms with Crippen LogP contribution >= 0.6 is 11.3 Å². The van der Waals surface area contributed by atoms with Crippen LogP contribution in [0.15, 0.2) is 36.7 Å². The third-order valence-electron chi connectivity index (χ3n) is 3.17. The van der Waals surface area contributed by atoms with Gasteiger partial charge in [0.1, 0.15) is 4.88 Å². The Labute approximate surface area is 119 Å². The number of thiazole rings is 1. The van der Waals surface area contributed by atoms with E-state index in [9.17, 15) is 4.79 Å². The summed E-state index contributed by atoms with van der Waals surface area (Å²) in [5.74, 6) is -0.152. The molecular formula is C14H14N4OS. The van der Waals surface area contributed by atoms with Crippen molar-refractivity contribution in [2.24, 2.45) is 0 Å². The number of nitrogens with two attached hydrogens (primary N) is 1. The van der Waals surface area contributed by atoms with E-state index < -0.39 is 0 Å². The fraction of sp³-hybridized carbons (Fsp3) is 0.143. The second-order valence-electron chi connectivity index (χ2n) is 4.58. The number of nitrogens with zero attached hydrogens (tertiary/aromatic N) is 1. The van der Waals surface area contributed by atoms with Crippen LogP contribution in [0.4, 0.5) is 5.13 Å². The molecule has 0 aliphatic carbocycles. The van der Waals surface area contributed by atoms with Crippen LogP contribution < -0.4 is 11.1 Å². The molecule has 3 aromatic rings. The zero-order valence-electron chi connectivity index (χ0n) is 10.9. The molecule has 0 spiro atoms. The molecule has 3 rings (SSSR count). The van der Waals surface area contributed by atoms with Crippen LogP contribution in [0.2, 0.25) is 0 Å². The summed E-state index contributed by atoms with van der Waals surface area (Å²) >= 11 is 1.19. The number of aromatic amines is 1. The Balaban J connectivity index is 1.78. The van der Waals surface area contributed by atoms with Crippen molar-refractivity contribution in [2.75, 3.05) is 5.73 Å². The van der Waals surface area contributed by atoms with E-state index >= 15 is 0 Å². The maximum atomic E-state index is 12.1. The summed E-state index contributed by atoms with van der Waals surface area (Å²) in [6.45, 7) is 1.95. The van der Waals surface area contributed by atoms with Gasteiger partial charge in [0.2, 0.25) is 0 Å². The number of anilines is 1. The molecular weight excluding hydrogens is 272 g/mol. The molecule has 1 amide bonds. The molecule has 0 saturated carbocycles. The molecule has 0 fully saturated rings. The molecule has 2 aromatic heterocycles.